The third-order valence-corrected chi connectivity index (χ3v) is 9.47. The van der Waals surface area contributed by atoms with Crippen LogP contribution in [-0.2, 0) is 29.0 Å². The Morgan fingerprint density at radius 2 is 1.52 bits per heavy atom. The molecule has 2 heterocycles. The van der Waals surface area contributed by atoms with Crippen LogP contribution in [0.5, 0.6) is 0 Å². The van der Waals surface area contributed by atoms with E-state index in [0.29, 0.717) is 5.75 Å². The van der Waals surface area contributed by atoms with Gasteiger partial charge in [-0.3, -0.25) is 19.2 Å². The van der Waals surface area contributed by atoms with Gasteiger partial charge in [0.1, 0.15) is 5.54 Å². The molecule has 8 atom stereocenters. The molecular weight excluding hydrogens is 406 g/mol. The van der Waals surface area contributed by atoms with Crippen molar-refractivity contribution >= 4 is 45.5 Å². The highest BCUT2D eigenvalue weighted by atomic mass is 32.2. The summed E-state index contributed by atoms with van der Waals surface area (Å²) in [4.78, 5) is 42.6. The smallest absolute Gasteiger partial charge is 0.325 e. The molecule has 0 aromatic heterocycles. The molecule has 2 saturated heterocycles. The van der Waals surface area contributed by atoms with Gasteiger partial charge in [-0.25, -0.2) is 8.42 Å². The average molecular weight is 423 g/mol. The predicted molar refractivity (Wildman–Crippen MR) is 88.7 cm³/mol. The molecule has 0 amide bonds. The fourth-order valence-corrected chi connectivity index (χ4v) is 8.70. The lowest BCUT2D eigenvalue weighted by Gasteiger charge is -2.19. The standard InChI is InChI=1S/C7H9NO6S.C7H8O4S/c8-7(6(11)12)1-15(13,14)4-2(3(4)7)5(9)10;8-6(9)2-1-12-5-3(2)4(5)7(10)11/h2-4H,1,8H2,(H,9,10)(H,11,12);2-5H,1H2,(H,8,9)(H,10,11). The van der Waals surface area contributed by atoms with Gasteiger partial charge in [0.25, 0.3) is 0 Å². The Morgan fingerprint density at radius 1 is 0.963 bits per heavy atom. The number of fused-ring (bicyclic) bond motifs is 2. The first kappa shape index (κ1) is 19.9. The van der Waals surface area contributed by atoms with E-state index < -0.39 is 73.9 Å². The first-order valence-corrected chi connectivity index (χ1v) is 10.6. The van der Waals surface area contributed by atoms with Crippen molar-refractivity contribution in [3.8, 4) is 0 Å². The van der Waals surface area contributed by atoms with Crippen LogP contribution in [-0.4, -0.2) is 80.3 Å². The predicted octanol–water partition coefficient (Wildman–Crippen LogP) is -1.97. The molecule has 6 N–H and O–H groups in total. The van der Waals surface area contributed by atoms with E-state index in [-0.39, 0.29) is 11.2 Å². The summed E-state index contributed by atoms with van der Waals surface area (Å²) in [7, 11) is -3.68. The Balaban J connectivity index is 0.000000159. The maximum Gasteiger partial charge on any atom is 0.325 e. The Bertz CT molecular complexity index is 841. The highest BCUT2D eigenvalue weighted by molar-refractivity contribution is 8.00. The molecular formula is C14H17NO10S2. The topological polar surface area (TPSA) is 209 Å². The zero-order chi connectivity index (χ0) is 20.5. The number of carboxylic acids is 4. The van der Waals surface area contributed by atoms with Crippen molar-refractivity contribution in [2.75, 3.05) is 11.5 Å². The van der Waals surface area contributed by atoms with Gasteiger partial charge in [0.15, 0.2) is 9.84 Å². The van der Waals surface area contributed by atoms with Crippen LogP contribution < -0.4 is 5.73 Å². The molecule has 8 unspecified atom stereocenters. The number of aliphatic carboxylic acids is 4. The number of nitrogens with two attached hydrogens (primary N) is 1. The number of sulfone groups is 1. The summed E-state index contributed by atoms with van der Waals surface area (Å²) in [5, 5.41) is 33.8. The summed E-state index contributed by atoms with van der Waals surface area (Å²) in [5.41, 5.74) is 3.51. The van der Waals surface area contributed by atoms with E-state index in [0.717, 1.165) is 0 Å². The SMILES string of the molecule is NC1(C(=O)O)CS(=O)(=O)C2C(C(=O)O)C21.O=C(O)C1CSC2C(C(=O)O)C12. The minimum atomic E-state index is -3.68. The molecule has 27 heavy (non-hydrogen) atoms. The molecule has 4 rings (SSSR count). The third kappa shape index (κ3) is 2.97. The molecule has 2 aliphatic carbocycles. The molecule has 13 heteroatoms. The molecule has 0 aromatic carbocycles. The van der Waals surface area contributed by atoms with Crippen LogP contribution in [0, 0.1) is 29.6 Å². The summed E-state index contributed by atoms with van der Waals surface area (Å²) in [6, 6.07) is 0. The van der Waals surface area contributed by atoms with E-state index in [1.165, 1.54) is 11.8 Å². The third-order valence-electron chi connectivity index (χ3n) is 5.63. The number of carbonyl (C=O) groups is 4. The average Bonchev–Trinajstić information content (AvgIpc) is 3.38. The van der Waals surface area contributed by atoms with Gasteiger partial charge in [-0.1, -0.05) is 0 Å². The highest BCUT2D eigenvalue weighted by Gasteiger charge is 2.77. The number of hydrogen-bond donors (Lipinski definition) is 5. The molecule has 2 saturated carbocycles. The van der Waals surface area contributed by atoms with Gasteiger partial charge >= 0.3 is 23.9 Å². The maximum absolute atomic E-state index is 11.4. The van der Waals surface area contributed by atoms with Crippen molar-refractivity contribution in [3.63, 3.8) is 0 Å². The Labute approximate surface area is 156 Å². The minimum Gasteiger partial charge on any atom is -0.481 e. The van der Waals surface area contributed by atoms with Crippen molar-refractivity contribution in [2.24, 2.45) is 35.3 Å². The van der Waals surface area contributed by atoms with Gasteiger partial charge in [0.2, 0.25) is 0 Å². The number of thioether (sulfide) groups is 1. The van der Waals surface area contributed by atoms with Gasteiger partial charge in [-0.05, 0) is 5.92 Å². The van der Waals surface area contributed by atoms with Gasteiger partial charge in [0.05, 0.1) is 28.8 Å². The van der Waals surface area contributed by atoms with E-state index in [2.05, 4.69) is 0 Å². The number of hydrogen-bond acceptors (Lipinski definition) is 8. The van der Waals surface area contributed by atoms with Gasteiger partial charge in [0, 0.05) is 16.9 Å². The van der Waals surface area contributed by atoms with Gasteiger partial charge in [-0.15, -0.1) is 0 Å². The fourth-order valence-electron chi connectivity index (χ4n) is 4.23. The molecule has 11 nitrogen and oxygen atoms in total. The van der Waals surface area contributed by atoms with Crippen LogP contribution in [0.4, 0.5) is 0 Å². The van der Waals surface area contributed by atoms with E-state index >= 15 is 0 Å². The lowest BCUT2D eigenvalue weighted by Crippen LogP contribution is -2.53. The van der Waals surface area contributed by atoms with Crippen LogP contribution in [0.3, 0.4) is 0 Å². The summed E-state index contributed by atoms with van der Waals surface area (Å²) in [6.07, 6.45) is 0. The Hall–Kier alpha value is -1.86. The molecule has 0 radical (unpaired) electrons. The van der Waals surface area contributed by atoms with Gasteiger partial charge in [-0.2, -0.15) is 11.8 Å². The summed E-state index contributed by atoms with van der Waals surface area (Å²) in [5.74, 6) is -7.63. The van der Waals surface area contributed by atoms with Crippen LogP contribution in [0.1, 0.15) is 0 Å². The number of carboxylic acid groups (broad SMARTS) is 4. The lowest BCUT2D eigenvalue weighted by molar-refractivity contribution is -0.145. The largest absolute Gasteiger partial charge is 0.481 e. The van der Waals surface area contributed by atoms with Crippen molar-refractivity contribution in [1.82, 2.24) is 0 Å². The Kier molecular flexibility index (Phi) is 4.47. The molecule has 150 valence electrons. The monoisotopic (exact) mass is 423 g/mol. The zero-order valence-electron chi connectivity index (χ0n) is 13.6. The van der Waals surface area contributed by atoms with Gasteiger partial charge < -0.3 is 26.2 Å². The Morgan fingerprint density at radius 3 is 1.89 bits per heavy atom. The van der Waals surface area contributed by atoms with E-state index in [9.17, 15) is 27.6 Å². The molecule has 0 spiro atoms. The molecule has 4 aliphatic rings. The van der Waals surface area contributed by atoms with Crippen molar-refractivity contribution in [3.05, 3.63) is 0 Å². The summed E-state index contributed by atoms with van der Waals surface area (Å²) < 4.78 is 22.9. The second-order valence-corrected chi connectivity index (χ2v) is 10.6. The number of rotatable bonds is 4. The summed E-state index contributed by atoms with van der Waals surface area (Å²) in [6.45, 7) is 0. The van der Waals surface area contributed by atoms with Crippen LogP contribution in [0.15, 0.2) is 0 Å². The fraction of sp³-hybridized carbons (Fsp3) is 0.714. The first-order chi connectivity index (χ1) is 12.3. The molecule has 2 aliphatic heterocycles. The van der Waals surface area contributed by atoms with Crippen molar-refractivity contribution in [2.45, 2.75) is 16.0 Å². The quantitative estimate of drug-likeness (QED) is 0.333. The molecule has 4 fully saturated rings. The second kappa shape index (κ2) is 6.07. The summed E-state index contributed by atoms with van der Waals surface area (Å²) >= 11 is 1.48. The van der Waals surface area contributed by atoms with Crippen LogP contribution in [0.2, 0.25) is 0 Å². The first-order valence-electron chi connectivity index (χ1n) is 7.88. The lowest BCUT2D eigenvalue weighted by atomic mass is 9.96. The van der Waals surface area contributed by atoms with E-state index in [1.54, 1.807) is 0 Å². The van der Waals surface area contributed by atoms with E-state index in [1.807, 2.05) is 0 Å². The van der Waals surface area contributed by atoms with Crippen LogP contribution >= 0.6 is 11.8 Å². The van der Waals surface area contributed by atoms with Crippen molar-refractivity contribution < 1.29 is 48.0 Å². The molecule has 0 aromatic rings. The maximum atomic E-state index is 11.4. The minimum absolute atomic E-state index is 0.0728. The van der Waals surface area contributed by atoms with E-state index in [4.69, 9.17) is 26.2 Å². The molecule has 0 bridgehead atoms. The highest BCUT2D eigenvalue weighted by Crippen LogP contribution is 2.59. The van der Waals surface area contributed by atoms with Crippen LogP contribution in [0.25, 0.3) is 0 Å². The second-order valence-electron chi connectivity index (χ2n) is 7.19. The zero-order valence-corrected chi connectivity index (χ0v) is 15.2. The normalized spacial score (nSPS) is 44.9. The van der Waals surface area contributed by atoms with Crippen molar-refractivity contribution in [1.29, 1.82) is 0 Å².